The Morgan fingerprint density at radius 2 is 2.31 bits per heavy atom. The molecule has 0 rings (SSSR count). The normalized spacial score (nSPS) is 14.5. The molecule has 0 aliphatic carbocycles. The summed E-state index contributed by atoms with van der Waals surface area (Å²) < 4.78 is 14.5. The third-order valence-electron chi connectivity index (χ3n) is 1.10. The van der Waals surface area contributed by atoms with Gasteiger partial charge in [0, 0.05) is 12.0 Å². The van der Waals surface area contributed by atoms with Gasteiger partial charge in [-0.05, 0) is 26.4 Å². The minimum atomic E-state index is -4.36. The highest BCUT2D eigenvalue weighted by molar-refractivity contribution is 7.98. The third-order valence-corrected chi connectivity index (χ3v) is 2.67. The highest BCUT2D eigenvalue weighted by atomic mass is 32.2. The number of nitrogens with one attached hydrogen (secondary N) is 1. The van der Waals surface area contributed by atoms with E-state index in [1.165, 1.54) is 0 Å². The minimum Gasteiger partial charge on any atom is -0.330 e. The molecule has 8 heteroatoms. The summed E-state index contributed by atoms with van der Waals surface area (Å²) in [6.07, 6.45) is 0.820. The van der Waals surface area contributed by atoms with Crippen molar-refractivity contribution in [3.8, 4) is 0 Å². The van der Waals surface area contributed by atoms with Crippen LogP contribution in [0.2, 0.25) is 0 Å². The van der Waals surface area contributed by atoms with Gasteiger partial charge in [-0.3, -0.25) is 0 Å². The van der Waals surface area contributed by atoms with Crippen molar-refractivity contribution < 1.29 is 18.3 Å². The summed E-state index contributed by atoms with van der Waals surface area (Å²) in [5.41, 5.74) is 5.26. The fraction of sp³-hybridized carbons (Fsp3) is 1.00. The van der Waals surface area contributed by atoms with Gasteiger partial charge in [0.1, 0.15) is 0 Å². The molecule has 5 N–H and O–H groups in total. The van der Waals surface area contributed by atoms with Crippen LogP contribution in [0.4, 0.5) is 0 Å². The van der Waals surface area contributed by atoms with Gasteiger partial charge in [-0.1, -0.05) is 0 Å². The van der Waals surface area contributed by atoms with E-state index in [0.717, 1.165) is 18.5 Å². The Hall–Kier alpha value is 0.380. The molecule has 0 spiro atoms. The molecule has 0 heterocycles. The molecular formula is C5H15N2O4PS. The summed E-state index contributed by atoms with van der Waals surface area (Å²) in [6, 6.07) is 0. The molecule has 0 aliphatic rings. The Bertz CT molecular complexity index is 176. The van der Waals surface area contributed by atoms with Crippen LogP contribution in [0.3, 0.4) is 0 Å². The van der Waals surface area contributed by atoms with E-state index in [2.05, 4.69) is 9.29 Å². The second-order valence-corrected chi connectivity index (χ2v) is 4.88. The Morgan fingerprint density at radius 3 is 2.77 bits per heavy atom. The van der Waals surface area contributed by atoms with E-state index in [9.17, 15) is 4.57 Å². The van der Waals surface area contributed by atoms with E-state index in [4.69, 9.17) is 15.5 Å². The van der Waals surface area contributed by atoms with Gasteiger partial charge >= 0.3 is 7.82 Å². The quantitative estimate of drug-likeness (QED) is 0.211. The largest absolute Gasteiger partial charge is 0.480 e. The number of rotatable bonds is 7. The molecule has 80 valence electrons. The first kappa shape index (κ1) is 13.4. The summed E-state index contributed by atoms with van der Waals surface area (Å²) in [5.74, 6) is 0. The van der Waals surface area contributed by atoms with Crippen LogP contribution in [0.15, 0.2) is 0 Å². The summed E-state index contributed by atoms with van der Waals surface area (Å²) >= 11 is 0.719. The molecule has 0 radical (unpaired) electrons. The maximum absolute atomic E-state index is 10.3. The van der Waals surface area contributed by atoms with Crippen molar-refractivity contribution in [3.05, 3.63) is 0 Å². The van der Waals surface area contributed by atoms with Crippen molar-refractivity contribution in [3.63, 3.8) is 0 Å². The van der Waals surface area contributed by atoms with Gasteiger partial charge in [0.25, 0.3) is 0 Å². The average Bonchev–Trinajstić information content (AvgIpc) is 2.00. The van der Waals surface area contributed by atoms with Gasteiger partial charge in [0.2, 0.25) is 0 Å². The van der Waals surface area contributed by atoms with E-state index in [1.54, 1.807) is 6.92 Å². The maximum Gasteiger partial charge on any atom is 0.480 e. The van der Waals surface area contributed by atoms with E-state index >= 15 is 0 Å². The molecule has 0 aromatic carbocycles. The van der Waals surface area contributed by atoms with Gasteiger partial charge in [-0.2, -0.15) is 0 Å². The van der Waals surface area contributed by atoms with E-state index in [1.807, 2.05) is 0 Å². The lowest BCUT2D eigenvalue weighted by molar-refractivity contribution is 0.297. The molecule has 0 aromatic heterocycles. The number of nitrogens with two attached hydrogens (primary N) is 1. The van der Waals surface area contributed by atoms with Crippen molar-refractivity contribution in [1.29, 1.82) is 0 Å². The lowest BCUT2D eigenvalue weighted by Gasteiger charge is -2.12. The van der Waals surface area contributed by atoms with Gasteiger partial charge in [-0.25, -0.2) is 8.54 Å². The summed E-state index contributed by atoms with van der Waals surface area (Å²) in [4.78, 5) is 16.7. The highest BCUT2D eigenvalue weighted by Crippen LogP contribution is 2.41. The van der Waals surface area contributed by atoms with Gasteiger partial charge in [0.05, 0.1) is 5.37 Å². The Kier molecular flexibility index (Phi) is 6.98. The zero-order valence-electron chi connectivity index (χ0n) is 7.34. The first-order valence-corrected chi connectivity index (χ1v) is 6.13. The number of hydrogen-bond acceptors (Lipinski definition) is 5. The van der Waals surface area contributed by atoms with Crippen LogP contribution in [0.5, 0.6) is 0 Å². The van der Waals surface area contributed by atoms with Gasteiger partial charge in [-0.15, -0.1) is 0 Å². The molecule has 13 heavy (non-hydrogen) atoms. The van der Waals surface area contributed by atoms with Gasteiger partial charge < -0.3 is 20.8 Å². The zero-order chi connectivity index (χ0) is 10.3. The molecule has 0 aromatic rings. The Balaban J connectivity index is 3.40. The molecule has 0 saturated carbocycles. The van der Waals surface area contributed by atoms with Crippen molar-refractivity contribution in [2.45, 2.75) is 18.7 Å². The molecule has 6 nitrogen and oxygen atoms in total. The second-order valence-electron chi connectivity index (χ2n) is 2.40. The van der Waals surface area contributed by atoms with Crippen LogP contribution in [-0.4, -0.2) is 28.3 Å². The molecule has 0 saturated heterocycles. The van der Waals surface area contributed by atoms with Crippen molar-refractivity contribution in [1.82, 2.24) is 5.32 Å². The highest BCUT2D eigenvalue weighted by Gasteiger charge is 2.16. The number of phosphoric acid groups is 1. The predicted octanol–water partition coefficient (Wildman–Crippen LogP) is 0.0283. The molecule has 1 unspecified atom stereocenters. The van der Waals surface area contributed by atoms with Crippen molar-refractivity contribution in [2.24, 2.45) is 5.73 Å². The fourth-order valence-electron chi connectivity index (χ4n) is 0.562. The van der Waals surface area contributed by atoms with Crippen LogP contribution < -0.4 is 11.1 Å². The van der Waals surface area contributed by atoms with E-state index in [-0.39, 0.29) is 5.37 Å². The molecule has 0 amide bonds. The molecular weight excluding hydrogens is 215 g/mol. The Labute approximate surface area is 81.7 Å². The first-order chi connectivity index (χ1) is 5.95. The van der Waals surface area contributed by atoms with E-state index < -0.39 is 7.82 Å². The van der Waals surface area contributed by atoms with E-state index in [0.29, 0.717) is 13.1 Å². The Morgan fingerprint density at radius 1 is 1.69 bits per heavy atom. The lowest BCUT2D eigenvalue weighted by atomic mass is 10.4. The maximum atomic E-state index is 10.3. The van der Waals surface area contributed by atoms with Crippen LogP contribution in [0, 0.1) is 0 Å². The summed E-state index contributed by atoms with van der Waals surface area (Å²) in [7, 11) is -4.36. The predicted molar refractivity (Wildman–Crippen MR) is 51.9 cm³/mol. The molecule has 0 bridgehead atoms. The van der Waals surface area contributed by atoms with Crippen LogP contribution in [-0.2, 0) is 8.54 Å². The fourth-order valence-corrected chi connectivity index (χ4v) is 1.71. The zero-order valence-corrected chi connectivity index (χ0v) is 9.05. The lowest BCUT2D eigenvalue weighted by Crippen LogP contribution is -2.25. The topological polar surface area (TPSA) is 105 Å². The standard InChI is InChI=1S/C5H15N2O4PS/c1-5(7-4-2-3-6)13-11-12(8,9)10/h5,7H,2-4,6H2,1H3,(H2,8,9,10). The van der Waals surface area contributed by atoms with Crippen LogP contribution >= 0.6 is 19.9 Å². The first-order valence-electron chi connectivity index (χ1n) is 3.80. The minimum absolute atomic E-state index is 0.167. The average molecular weight is 230 g/mol. The SMILES string of the molecule is CC(NCCCN)SOP(=O)(O)O. The molecule has 1 atom stereocenters. The number of hydrogen-bond donors (Lipinski definition) is 4. The van der Waals surface area contributed by atoms with Gasteiger partial charge in [0.15, 0.2) is 0 Å². The molecule has 0 aliphatic heterocycles. The third kappa shape index (κ3) is 10.3. The smallest absolute Gasteiger partial charge is 0.330 e. The van der Waals surface area contributed by atoms with Crippen molar-refractivity contribution >= 4 is 19.9 Å². The van der Waals surface area contributed by atoms with Crippen LogP contribution in [0.25, 0.3) is 0 Å². The molecule has 0 fully saturated rings. The summed E-state index contributed by atoms with van der Waals surface area (Å²) in [5, 5.41) is 2.80. The second kappa shape index (κ2) is 6.78. The van der Waals surface area contributed by atoms with Crippen LogP contribution in [0.1, 0.15) is 13.3 Å². The monoisotopic (exact) mass is 230 g/mol. The van der Waals surface area contributed by atoms with Crippen molar-refractivity contribution in [2.75, 3.05) is 13.1 Å². The summed E-state index contributed by atoms with van der Waals surface area (Å²) in [6.45, 7) is 3.04.